The van der Waals surface area contributed by atoms with E-state index in [1.807, 2.05) is 5.98 Å². The van der Waals surface area contributed by atoms with Crippen molar-refractivity contribution >= 4 is 15.7 Å². The molecule has 1 saturated heterocycles. The van der Waals surface area contributed by atoms with E-state index in [0.717, 1.165) is 19.3 Å². The Morgan fingerprint density at radius 1 is 1.39 bits per heavy atom. The molecule has 0 aromatic heterocycles. The van der Waals surface area contributed by atoms with Crippen LogP contribution >= 0.6 is 8.38 Å². The van der Waals surface area contributed by atoms with E-state index < -0.39 is 8.38 Å². The van der Waals surface area contributed by atoms with Gasteiger partial charge in [-0.3, -0.25) is 0 Å². The summed E-state index contributed by atoms with van der Waals surface area (Å²) in [6, 6.07) is 0. The summed E-state index contributed by atoms with van der Waals surface area (Å²) < 4.78 is 11.9. The van der Waals surface area contributed by atoms with Crippen LogP contribution in [-0.4, -0.2) is 26.2 Å². The van der Waals surface area contributed by atoms with Gasteiger partial charge in [0.2, 0.25) is 0 Å². The third-order valence-corrected chi connectivity index (χ3v) is 5.08. The minimum Gasteiger partial charge on any atom is -0.329 e. The van der Waals surface area contributed by atoms with Crippen molar-refractivity contribution in [2.24, 2.45) is 0 Å². The first kappa shape index (κ1) is 15.7. The normalized spacial score (nSPS) is 24.7. The monoisotopic (exact) mass is 266 g/mol. The average Bonchev–Trinajstić information content (AvgIpc) is 2.56. The standard InChI is InChI=1S/C14H24BO2P/c1-5-8-14(6-2)18-16-10-12(4)13(11-17-18)9-15-7-3/h7,9,14-15H,3-6,8,10-11H2,1-2H3/b13-9-. The minimum atomic E-state index is -0.764. The third kappa shape index (κ3) is 4.72. The van der Waals surface area contributed by atoms with Gasteiger partial charge >= 0.3 is 0 Å². The van der Waals surface area contributed by atoms with Crippen molar-refractivity contribution in [1.29, 1.82) is 0 Å². The highest BCUT2D eigenvalue weighted by atomic mass is 31.2. The molecule has 1 rings (SSSR count). The summed E-state index contributed by atoms with van der Waals surface area (Å²) in [4.78, 5) is 0. The zero-order chi connectivity index (χ0) is 13.4. The van der Waals surface area contributed by atoms with Crippen molar-refractivity contribution in [2.45, 2.75) is 38.8 Å². The van der Waals surface area contributed by atoms with E-state index in [2.05, 4.69) is 33.0 Å². The molecule has 18 heavy (non-hydrogen) atoms. The molecule has 0 radical (unpaired) electrons. The molecule has 100 valence electrons. The Morgan fingerprint density at radius 3 is 2.72 bits per heavy atom. The summed E-state index contributed by atoms with van der Waals surface area (Å²) in [6.07, 6.45) is 3.49. The summed E-state index contributed by atoms with van der Waals surface area (Å²) in [5, 5.41) is 0. The van der Waals surface area contributed by atoms with Gasteiger partial charge in [0.15, 0.2) is 15.7 Å². The lowest BCUT2D eigenvalue weighted by atomic mass is 9.76. The molecule has 0 aromatic rings. The maximum Gasteiger partial charge on any atom is 0.174 e. The van der Waals surface area contributed by atoms with E-state index in [1.54, 1.807) is 0 Å². The van der Waals surface area contributed by atoms with Gasteiger partial charge < -0.3 is 9.05 Å². The van der Waals surface area contributed by atoms with Crippen LogP contribution in [0, 0.1) is 0 Å². The van der Waals surface area contributed by atoms with E-state index in [1.165, 1.54) is 18.4 Å². The van der Waals surface area contributed by atoms with Gasteiger partial charge in [0, 0.05) is 5.66 Å². The first-order valence-corrected chi connectivity index (χ1v) is 8.00. The number of rotatable bonds is 6. The van der Waals surface area contributed by atoms with E-state index in [-0.39, 0.29) is 0 Å². The summed E-state index contributed by atoms with van der Waals surface area (Å²) in [5.74, 6) is 4.03. The van der Waals surface area contributed by atoms with Gasteiger partial charge in [-0.05, 0) is 24.0 Å². The fourth-order valence-corrected chi connectivity index (χ4v) is 3.75. The molecule has 1 aliphatic rings. The lowest BCUT2D eigenvalue weighted by molar-refractivity contribution is 0.292. The highest BCUT2D eigenvalue weighted by molar-refractivity contribution is 7.48. The fraction of sp³-hybridized carbons (Fsp3) is 0.571. The Balaban J connectivity index is 2.63. The van der Waals surface area contributed by atoms with Gasteiger partial charge in [0.1, 0.15) is 0 Å². The Labute approximate surface area is 113 Å². The van der Waals surface area contributed by atoms with Crippen LogP contribution < -0.4 is 0 Å². The van der Waals surface area contributed by atoms with Crippen LogP contribution in [0.1, 0.15) is 33.1 Å². The van der Waals surface area contributed by atoms with Crippen LogP contribution in [0.15, 0.2) is 36.3 Å². The Morgan fingerprint density at radius 2 is 2.11 bits per heavy atom. The van der Waals surface area contributed by atoms with E-state index in [9.17, 15) is 0 Å². The lowest BCUT2D eigenvalue weighted by Crippen LogP contribution is -2.07. The van der Waals surface area contributed by atoms with Crippen LogP contribution in [0.2, 0.25) is 0 Å². The molecule has 0 aliphatic carbocycles. The molecule has 4 heteroatoms. The highest BCUT2D eigenvalue weighted by Gasteiger charge is 2.25. The zero-order valence-electron chi connectivity index (χ0n) is 11.7. The topological polar surface area (TPSA) is 18.5 Å². The molecule has 2 atom stereocenters. The van der Waals surface area contributed by atoms with Crippen molar-refractivity contribution in [3.05, 3.63) is 36.3 Å². The molecule has 0 spiro atoms. The summed E-state index contributed by atoms with van der Waals surface area (Å²) in [7, 11) is 0.0994. The van der Waals surface area contributed by atoms with Crippen LogP contribution in [0.5, 0.6) is 0 Å². The van der Waals surface area contributed by atoms with Gasteiger partial charge in [-0.1, -0.05) is 26.8 Å². The molecule has 0 saturated carbocycles. The van der Waals surface area contributed by atoms with Crippen LogP contribution in [0.25, 0.3) is 0 Å². The minimum absolute atomic E-state index is 0.552. The largest absolute Gasteiger partial charge is 0.329 e. The van der Waals surface area contributed by atoms with E-state index >= 15 is 0 Å². The number of hydrogen-bond acceptors (Lipinski definition) is 2. The lowest BCUT2D eigenvalue weighted by Gasteiger charge is -2.22. The third-order valence-electron chi connectivity index (χ3n) is 3.09. The Kier molecular flexibility index (Phi) is 7.57. The predicted octanol–water partition coefficient (Wildman–Crippen LogP) is 3.94. The van der Waals surface area contributed by atoms with Gasteiger partial charge in [0.05, 0.1) is 13.2 Å². The second-order valence-corrected chi connectivity index (χ2v) is 6.36. The molecular weight excluding hydrogens is 242 g/mol. The first-order valence-electron chi connectivity index (χ1n) is 6.76. The van der Waals surface area contributed by atoms with Crippen molar-refractivity contribution in [3.8, 4) is 0 Å². The predicted molar refractivity (Wildman–Crippen MR) is 82.4 cm³/mol. The second kappa shape index (κ2) is 8.69. The van der Waals surface area contributed by atoms with Gasteiger partial charge in [-0.25, -0.2) is 0 Å². The molecular formula is C14H24BO2P. The van der Waals surface area contributed by atoms with Crippen molar-refractivity contribution in [2.75, 3.05) is 13.2 Å². The smallest absolute Gasteiger partial charge is 0.174 e. The zero-order valence-corrected chi connectivity index (χ0v) is 12.5. The molecule has 1 heterocycles. The Bertz CT molecular complexity index is 315. The molecule has 1 aliphatic heterocycles. The van der Waals surface area contributed by atoms with Gasteiger partial charge in [-0.15, -0.1) is 18.5 Å². The van der Waals surface area contributed by atoms with Crippen molar-refractivity contribution < 1.29 is 9.05 Å². The molecule has 1 fully saturated rings. The highest BCUT2D eigenvalue weighted by Crippen LogP contribution is 2.49. The SMILES string of the molecule is C=CB/C=C1/COP(C(CC)CCC)OCC1=C. The Hall–Kier alpha value is -0.365. The molecule has 2 unspecified atom stereocenters. The van der Waals surface area contributed by atoms with Crippen LogP contribution in [0.3, 0.4) is 0 Å². The molecule has 0 bridgehead atoms. The molecule has 0 amide bonds. The molecule has 2 nitrogen and oxygen atoms in total. The molecule has 0 aromatic carbocycles. The van der Waals surface area contributed by atoms with E-state index in [0.29, 0.717) is 18.9 Å². The maximum absolute atomic E-state index is 5.97. The summed E-state index contributed by atoms with van der Waals surface area (Å²) in [5.41, 5.74) is 2.77. The molecule has 0 N–H and O–H groups in total. The van der Waals surface area contributed by atoms with E-state index in [4.69, 9.17) is 9.05 Å². The van der Waals surface area contributed by atoms with Gasteiger partial charge in [0.25, 0.3) is 0 Å². The van der Waals surface area contributed by atoms with Crippen molar-refractivity contribution in [1.82, 2.24) is 0 Å². The number of hydrogen-bond donors (Lipinski definition) is 0. The quantitative estimate of drug-likeness (QED) is 0.535. The maximum atomic E-state index is 5.97. The van der Waals surface area contributed by atoms with Gasteiger partial charge in [-0.2, -0.15) is 0 Å². The van der Waals surface area contributed by atoms with Crippen molar-refractivity contribution in [3.63, 3.8) is 0 Å². The summed E-state index contributed by atoms with van der Waals surface area (Å²) in [6.45, 7) is 13.5. The first-order chi connectivity index (χ1) is 8.72. The van der Waals surface area contributed by atoms with Crippen LogP contribution in [0.4, 0.5) is 0 Å². The fourth-order valence-electron chi connectivity index (χ4n) is 1.94. The summed E-state index contributed by atoms with van der Waals surface area (Å²) >= 11 is 0. The average molecular weight is 266 g/mol. The van der Waals surface area contributed by atoms with Crippen LogP contribution in [-0.2, 0) is 9.05 Å². The second-order valence-electron chi connectivity index (χ2n) is 4.54.